The molecule has 1 N–H and O–H groups in total. The fourth-order valence-corrected chi connectivity index (χ4v) is 3.13. The molecule has 0 aliphatic heterocycles. The number of rotatable bonds is 2. The highest BCUT2D eigenvalue weighted by Crippen LogP contribution is 2.39. The average Bonchev–Trinajstić information content (AvgIpc) is 2.52. The minimum absolute atomic E-state index is 0.609. The second kappa shape index (κ2) is 5.41. The Bertz CT molecular complexity index is 548. The molecule has 0 atom stereocenters. The molecule has 0 amide bonds. The summed E-state index contributed by atoms with van der Waals surface area (Å²) in [5.74, 6) is 0.749. The molecule has 20 heavy (non-hydrogen) atoms. The van der Waals surface area contributed by atoms with Crippen molar-refractivity contribution in [2.24, 2.45) is 5.92 Å². The van der Waals surface area contributed by atoms with Crippen LogP contribution < -0.4 is 0 Å². The van der Waals surface area contributed by atoms with Crippen molar-refractivity contribution in [1.29, 1.82) is 0 Å². The zero-order valence-electron chi connectivity index (χ0n) is 12.0. The molecule has 1 aliphatic rings. The molecule has 0 saturated heterocycles. The number of hydrogen-bond donors (Lipinski definition) is 1. The van der Waals surface area contributed by atoms with Gasteiger partial charge >= 0.3 is 0 Å². The largest absolute Gasteiger partial charge is 0.385 e. The van der Waals surface area contributed by atoms with Gasteiger partial charge in [0.15, 0.2) is 0 Å². The third-order valence-corrected chi connectivity index (χ3v) is 4.63. The van der Waals surface area contributed by atoms with Crippen LogP contribution in [-0.2, 0) is 5.60 Å². The minimum atomic E-state index is -0.609. The fraction of sp³-hybridized carbons (Fsp3) is 0.368. The van der Waals surface area contributed by atoms with E-state index in [-0.39, 0.29) is 0 Å². The average molecular weight is 266 g/mol. The van der Waals surface area contributed by atoms with Crippen LogP contribution >= 0.6 is 0 Å². The lowest BCUT2D eigenvalue weighted by Gasteiger charge is -2.35. The van der Waals surface area contributed by atoms with E-state index in [0.717, 1.165) is 37.2 Å². The molecule has 0 aromatic heterocycles. The number of hydrogen-bond acceptors (Lipinski definition) is 1. The molecule has 104 valence electrons. The van der Waals surface area contributed by atoms with E-state index >= 15 is 0 Å². The van der Waals surface area contributed by atoms with Gasteiger partial charge in [0.2, 0.25) is 0 Å². The minimum Gasteiger partial charge on any atom is -0.385 e. The van der Waals surface area contributed by atoms with Crippen LogP contribution in [0.25, 0.3) is 11.1 Å². The van der Waals surface area contributed by atoms with Gasteiger partial charge in [-0.1, -0.05) is 61.5 Å². The number of aliphatic hydroxyl groups is 1. The van der Waals surface area contributed by atoms with Gasteiger partial charge in [-0.05, 0) is 48.3 Å². The molecule has 0 bridgehead atoms. The summed E-state index contributed by atoms with van der Waals surface area (Å²) in [4.78, 5) is 0. The number of benzene rings is 2. The molecule has 2 aromatic rings. The van der Waals surface area contributed by atoms with Crippen LogP contribution in [-0.4, -0.2) is 5.11 Å². The molecule has 1 saturated carbocycles. The molecule has 2 aromatic carbocycles. The molecule has 1 nitrogen and oxygen atoms in total. The van der Waals surface area contributed by atoms with E-state index in [1.54, 1.807) is 0 Å². The van der Waals surface area contributed by atoms with Gasteiger partial charge in [0, 0.05) is 0 Å². The Morgan fingerprint density at radius 1 is 0.850 bits per heavy atom. The van der Waals surface area contributed by atoms with Crippen molar-refractivity contribution < 1.29 is 5.11 Å². The highest BCUT2D eigenvalue weighted by Gasteiger charge is 2.33. The van der Waals surface area contributed by atoms with Crippen LogP contribution in [0.1, 0.15) is 38.2 Å². The third kappa shape index (κ3) is 2.64. The second-order valence-corrected chi connectivity index (χ2v) is 6.16. The van der Waals surface area contributed by atoms with Gasteiger partial charge in [0.25, 0.3) is 0 Å². The zero-order chi connectivity index (χ0) is 14.0. The first-order valence-electron chi connectivity index (χ1n) is 7.56. The molecule has 0 heterocycles. The first-order valence-corrected chi connectivity index (χ1v) is 7.56. The van der Waals surface area contributed by atoms with Crippen molar-refractivity contribution in [3.05, 3.63) is 60.2 Å². The molecular weight excluding hydrogens is 244 g/mol. The van der Waals surface area contributed by atoms with Crippen LogP contribution in [0.3, 0.4) is 0 Å². The summed E-state index contributed by atoms with van der Waals surface area (Å²) in [6, 6.07) is 18.8. The first-order chi connectivity index (χ1) is 9.67. The summed E-state index contributed by atoms with van der Waals surface area (Å²) in [7, 11) is 0. The normalized spacial score (nSPS) is 26.4. The molecule has 1 aliphatic carbocycles. The summed E-state index contributed by atoms with van der Waals surface area (Å²) in [5, 5.41) is 10.8. The Labute approximate surface area is 121 Å². The molecule has 1 heteroatoms. The second-order valence-electron chi connectivity index (χ2n) is 6.16. The molecule has 0 unspecified atom stereocenters. The molecule has 3 rings (SSSR count). The van der Waals surface area contributed by atoms with E-state index in [9.17, 15) is 5.11 Å². The molecular formula is C19H22O. The Kier molecular flexibility index (Phi) is 3.62. The topological polar surface area (TPSA) is 20.2 Å². The molecule has 1 fully saturated rings. The van der Waals surface area contributed by atoms with Gasteiger partial charge in [0.1, 0.15) is 0 Å². The van der Waals surface area contributed by atoms with E-state index in [2.05, 4.69) is 55.5 Å². The summed E-state index contributed by atoms with van der Waals surface area (Å²) in [6.45, 7) is 2.28. The highest BCUT2D eigenvalue weighted by molar-refractivity contribution is 5.63. The van der Waals surface area contributed by atoms with Gasteiger partial charge in [-0.3, -0.25) is 0 Å². The Morgan fingerprint density at radius 2 is 1.40 bits per heavy atom. The van der Waals surface area contributed by atoms with E-state index in [0.29, 0.717) is 0 Å². The lowest BCUT2D eigenvalue weighted by Crippen LogP contribution is -2.30. The van der Waals surface area contributed by atoms with Crippen molar-refractivity contribution in [3.63, 3.8) is 0 Å². The SMILES string of the molecule is CC1CCC(O)(c2ccc(-c3ccccc3)cc2)CC1. The summed E-state index contributed by atoms with van der Waals surface area (Å²) >= 11 is 0. The highest BCUT2D eigenvalue weighted by atomic mass is 16.3. The maximum absolute atomic E-state index is 10.8. The lowest BCUT2D eigenvalue weighted by atomic mass is 9.75. The van der Waals surface area contributed by atoms with Crippen LogP contribution in [0.4, 0.5) is 0 Å². The van der Waals surface area contributed by atoms with Crippen molar-refractivity contribution in [2.45, 2.75) is 38.2 Å². The van der Waals surface area contributed by atoms with Gasteiger partial charge in [-0.25, -0.2) is 0 Å². The van der Waals surface area contributed by atoms with Crippen molar-refractivity contribution in [3.8, 4) is 11.1 Å². The van der Waals surface area contributed by atoms with Crippen molar-refractivity contribution in [1.82, 2.24) is 0 Å². The maximum Gasteiger partial charge on any atom is 0.0896 e. The summed E-state index contributed by atoms with van der Waals surface area (Å²) < 4.78 is 0. The van der Waals surface area contributed by atoms with Crippen molar-refractivity contribution in [2.75, 3.05) is 0 Å². The summed E-state index contributed by atoms with van der Waals surface area (Å²) in [5.41, 5.74) is 2.90. The van der Waals surface area contributed by atoms with E-state index < -0.39 is 5.60 Å². The zero-order valence-corrected chi connectivity index (χ0v) is 12.0. The smallest absolute Gasteiger partial charge is 0.0896 e. The van der Waals surface area contributed by atoms with Gasteiger partial charge in [-0.15, -0.1) is 0 Å². The van der Waals surface area contributed by atoms with E-state index in [1.807, 2.05) is 6.07 Å². The monoisotopic (exact) mass is 266 g/mol. The van der Waals surface area contributed by atoms with Crippen LogP contribution in [0.2, 0.25) is 0 Å². The van der Waals surface area contributed by atoms with Crippen molar-refractivity contribution >= 4 is 0 Å². The van der Waals surface area contributed by atoms with Gasteiger partial charge in [0.05, 0.1) is 5.60 Å². The van der Waals surface area contributed by atoms with Gasteiger partial charge < -0.3 is 5.11 Å². The molecule has 0 spiro atoms. The first kappa shape index (κ1) is 13.4. The van der Waals surface area contributed by atoms with Crippen LogP contribution in [0.15, 0.2) is 54.6 Å². The predicted molar refractivity (Wildman–Crippen MR) is 83.4 cm³/mol. The lowest BCUT2D eigenvalue weighted by molar-refractivity contribution is -0.0120. The maximum atomic E-state index is 10.8. The Hall–Kier alpha value is -1.60. The Morgan fingerprint density at radius 3 is 2.00 bits per heavy atom. The third-order valence-electron chi connectivity index (χ3n) is 4.63. The van der Waals surface area contributed by atoms with E-state index in [1.165, 1.54) is 11.1 Å². The fourth-order valence-electron chi connectivity index (χ4n) is 3.13. The van der Waals surface area contributed by atoms with Crippen LogP contribution in [0.5, 0.6) is 0 Å². The van der Waals surface area contributed by atoms with Crippen LogP contribution in [0, 0.1) is 5.92 Å². The van der Waals surface area contributed by atoms with Gasteiger partial charge in [-0.2, -0.15) is 0 Å². The van der Waals surface area contributed by atoms with E-state index in [4.69, 9.17) is 0 Å². The standard InChI is InChI=1S/C19H22O/c1-15-11-13-19(20,14-12-15)18-9-7-17(8-10-18)16-5-3-2-4-6-16/h2-10,15,20H,11-14H2,1H3. The summed E-state index contributed by atoms with van der Waals surface area (Å²) in [6.07, 6.45) is 4.02. The predicted octanol–water partition coefficient (Wildman–Crippen LogP) is 4.75. The molecule has 0 radical (unpaired) electrons. The quantitative estimate of drug-likeness (QED) is 0.831. The Balaban J connectivity index is 1.83.